The van der Waals surface area contributed by atoms with Crippen LogP contribution in [0, 0.1) is 6.92 Å². The number of hydrogen-bond acceptors (Lipinski definition) is 4. The van der Waals surface area contributed by atoms with E-state index in [-0.39, 0.29) is 5.56 Å². The van der Waals surface area contributed by atoms with E-state index in [0.717, 1.165) is 43.7 Å². The van der Waals surface area contributed by atoms with E-state index in [1.165, 1.54) is 33.8 Å². The Labute approximate surface area is 162 Å². The summed E-state index contributed by atoms with van der Waals surface area (Å²) in [4.78, 5) is 25.4. The third-order valence-electron chi connectivity index (χ3n) is 5.30. The molecule has 27 heavy (non-hydrogen) atoms. The summed E-state index contributed by atoms with van der Waals surface area (Å²) in [5, 5.41) is 1.98. The van der Waals surface area contributed by atoms with Crippen LogP contribution in [-0.4, -0.2) is 45.7 Å². The largest absolute Gasteiger partial charge is 0.361 e. The van der Waals surface area contributed by atoms with Crippen molar-refractivity contribution in [3.05, 3.63) is 63.7 Å². The summed E-state index contributed by atoms with van der Waals surface area (Å²) in [5.74, 6) is 0. The van der Waals surface area contributed by atoms with Gasteiger partial charge in [-0.3, -0.25) is 9.69 Å². The second-order valence-electron chi connectivity index (χ2n) is 6.92. The number of hydrogen-bond donors (Lipinski definition) is 2. The molecule has 3 aromatic rings. The van der Waals surface area contributed by atoms with Gasteiger partial charge in [0.05, 0.1) is 0 Å². The first kappa shape index (κ1) is 18.1. The van der Waals surface area contributed by atoms with E-state index in [0.29, 0.717) is 5.16 Å². The molecule has 0 saturated carbocycles. The lowest BCUT2D eigenvalue weighted by Gasteiger charge is -2.26. The van der Waals surface area contributed by atoms with Crippen molar-refractivity contribution in [2.24, 2.45) is 0 Å². The second kappa shape index (κ2) is 7.74. The molecule has 6 heteroatoms. The number of aromatic nitrogens is 3. The van der Waals surface area contributed by atoms with E-state index in [1.54, 1.807) is 0 Å². The minimum Gasteiger partial charge on any atom is -0.361 e. The van der Waals surface area contributed by atoms with Crippen LogP contribution in [-0.2, 0) is 6.42 Å². The van der Waals surface area contributed by atoms with E-state index in [4.69, 9.17) is 0 Å². The Balaban J connectivity index is 1.43. The molecule has 0 saturated heterocycles. The number of nitrogens with one attached hydrogen (secondary N) is 2. The number of aryl methyl sites for hydroxylation is 1. The minimum atomic E-state index is -0.00103. The number of benzene rings is 1. The quantitative estimate of drug-likeness (QED) is 0.524. The van der Waals surface area contributed by atoms with Gasteiger partial charge in [-0.25, -0.2) is 4.98 Å². The molecule has 140 valence electrons. The number of rotatable bonds is 5. The summed E-state index contributed by atoms with van der Waals surface area (Å²) in [6, 6.07) is 8.44. The normalized spacial score (nSPS) is 15.3. The van der Waals surface area contributed by atoms with E-state index < -0.39 is 0 Å². The van der Waals surface area contributed by atoms with Crippen LogP contribution in [0.15, 0.2) is 46.5 Å². The molecule has 0 radical (unpaired) electrons. The zero-order valence-electron chi connectivity index (χ0n) is 15.7. The average molecular weight is 381 g/mol. The smallest absolute Gasteiger partial charge is 0.255 e. The van der Waals surface area contributed by atoms with Gasteiger partial charge in [0, 0.05) is 53.6 Å². The SMILES string of the molecule is CSc1nc(C)c(CCN2CC=C(c3c[nH]c4ccccc34)CC2)c(=O)[nH]1. The molecule has 0 unspecified atom stereocenters. The summed E-state index contributed by atoms with van der Waals surface area (Å²) in [7, 11) is 0. The van der Waals surface area contributed by atoms with Crippen molar-refractivity contribution < 1.29 is 0 Å². The highest BCUT2D eigenvalue weighted by molar-refractivity contribution is 7.98. The predicted octanol–water partition coefficient (Wildman–Crippen LogP) is 3.61. The van der Waals surface area contributed by atoms with E-state index in [1.807, 2.05) is 13.2 Å². The fourth-order valence-electron chi connectivity index (χ4n) is 3.74. The highest BCUT2D eigenvalue weighted by atomic mass is 32.2. The van der Waals surface area contributed by atoms with Crippen LogP contribution >= 0.6 is 11.8 Å². The highest BCUT2D eigenvalue weighted by Crippen LogP contribution is 2.29. The van der Waals surface area contributed by atoms with E-state index >= 15 is 0 Å². The van der Waals surface area contributed by atoms with Crippen LogP contribution in [0.1, 0.15) is 23.2 Å². The van der Waals surface area contributed by atoms with Gasteiger partial charge in [-0.1, -0.05) is 36.0 Å². The molecular weight excluding hydrogens is 356 g/mol. The number of nitrogens with zero attached hydrogens (tertiary/aromatic N) is 2. The monoisotopic (exact) mass is 380 g/mol. The molecule has 5 nitrogen and oxygen atoms in total. The van der Waals surface area contributed by atoms with Gasteiger partial charge in [-0.15, -0.1) is 0 Å². The maximum atomic E-state index is 12.3. The van der Waals surface area contributed by atoms with Crippen LogP contribution in [0.4, 0.5) is 0 Å². The third-order valence-corrected chi connectivity index (χ3v) is 5.88. The Morgan fingerprint density at radius 2 is 2.15 bits per heavy atom. The van der Waals surface area contributed by atoms with Gasteiger partial charge in [0.15, 0.2) is 5.16 Å². The van der Waals surface area contributed by atoms with Crippen LogP contribution < -0.4 is 5.56 Å². The molecule has 0 fully saturated rings. The van der Waals surface area contributed by atoms with Crippen molar-refractivity contribution in [3.8, 4) is 0 Å². The van der Waals surface area contributed by atoms with Crippen LogP contribution in [0.5, 0.6) is 0 Å². The van der Waals surface area contributed by atoms with E-state index in [2.05, 4.69) is 56.4 Å². The molecule has 0 bridgehead atoms. The van der Waals surface area contributed by atoms with Gasteiger partial charge in [-0.05, 0) is 37.7 Å². The van der Waals surface area contributed by atoms with Crippen molar-refractivity contribution in [2.75, 3.05) is 25.9 Å². The summed E-state index contributed by atoms with van der Waals surface area (Å²) in [6.07, 6.45) is 8.13. The van der Waals surface area contributed by atoms with Crippen molar-refractivity contribution in [2.45, 2.75) is 24.9 Å². The van der Waals surface area contributed by atoms with Crippen LogP contribution in [0.25, 0.3) is 16.5 Å². The maximum Gasteiger partial charge on any atom is 0.255 e. The van der Waals surface area contributed by atoms with Gasteiger partial charge in [0.2, 0.25) is 0 Å². The lowest BCUT2D eigenvalue weighted by Crippen LogP contribution is -2.32. The molecule has 3 heterocycles. The molecule has 0 spiro atoms. The molecular formula is C21H24N4OS. The number of thioether (sulfide) groups is 1. The van der Waals surface area contributed by atoms with E-state index in [9.17, 15) is 4.79 Å². The third kappa shape index (κ3) is 3.73. The first-order chi connectivity index (χ1) is 13.2. The second-order valence-corrected chi connectivity index (χ2v) is 7.71. The van der Waals surface area contributed by atoms with Crippen molar-refractivity contribution in [1.82, 2.24) is 19.9 Å². The van der Waals surface area contributed by atoms with Gasteiger partial charge < -0.3 is 9.97 Å². The molecule has 1 aliphatic heterocycles. The lowest BCUT2D eigenvalue weighted by molar-refractivity contribution is 0.305. The Hall–Kier alpha value is -2.31. The zero-order chi connectivity index (χ0) is 18.8. The first-order valence-electron chi connectivity index (χ1n) is 9.27. The van der Waals surface area contributed by atoms with Gasteiger partial charge in [0.25, 0.3) is 5.56 Å². The molecule has 0 amide bonds. The first-order valence-corrected chi connectivity index (χ1v) is 10.5. The molecule has 0 atom stereocenters. The fraction of sp³-hybridized carbons (Fsp3) is 0.333. The van der Waals surface area contributed by atoms with Crippen LogP contribution in [0.3, 0.4) is 0 Å². The fourth-order valence-corrected chi connectivity index (χ4v) is 4.16. The molecule has 0 aliphatic carbocycles. The molecule has 1 aliphatic rings. The van der Waals surface area contributed by atoms with Crippen molar-refractivity contribution >= 4 is 28.2 Å². The van der Waals surface area contributed by atoms with Gasteiger partial charge in [0.1, 0.15) is 0 Å². The molecule has 2 N–H and O–H groups in total. The van der Waals surface area contributed by atoms with Gasteiger partial charge in [-0.2, -0.15) is 0 Å². The number of para-hydroxylation sites is 1. The zero-order valence-corrected chi connectivity index (χ0v) is 16.5. The number of aromatic amines is 2. The Morgan fingerprint density at radius 1 is 1.30 bits per heavy atom. The van der Waals surface area contributed by atoms with Crippen molar-refractivity contribution in [3.63, 3.8) is 0 Å². The molecule has 2 aromatic heterocycles. The summed E-state index contributed by atoms with van der Waals surface area (Å²) in [5.41, 5.74) is 5.55. The topological polar surface area (TPSA) is 64.8 Å². The predicted molar refractivity (Wildman–Crippen MR) is 112 cm³/mol. The minimum absolute atomic E-state index is 0.00103. The van der Waals surface area contributed by atoms with Gasteiger partial charge >= 0.3 is 0 Å². The Bertz CT molecular complexity index is 1050. The summed E-state index contributed by atoms with van der Waals surface area (Å²) >= 11 is 1.46. The molecule has 4 rings (SSSR count). The van der Waals surface area contributed by atoms with Crippen LogP contribution in [0.2, 0.25) is 0 Å². The Kier molecular flexibility index (Phi) is 5.18. The summed E-state index contributed by atoms with van der Waals surface area (Å²) in [6.45, 7) is 4.73. The number of fused-ring (bicyclic) bond motifs is 1. The maximum absolute atomic E-state index is 12.3. The summed E-state index contributed by atoms with van der Waals surface area (Å²) < 4.78 is 0. The lowest BCUT2D eigenvalue weighted by atomic mass is 9.98. The number of H-pyrrole nitrogens is 2. The Morgan fingerprint density at radius 3 is 2.89 bits per heavy atom. The molecule has 1 aromatic carbocycles. The standard InChI is InChI=1S/C21H24N4OS/c1-14-16(20(26)24-21(23-14)27-2)9-12-25-10-7-15(8-11-25)18-13-22-19-6-4-3-5-17(18)19/h3-7,13,22H,8-12H2,1-2H3,(H,23,24,26). The van der Waals surface area contributed by atoms with Crippen molar-refractivity contribution in [1.29, 1.82) is 0 Å². The highest BCUT2D eigenvalue weighted by Gasteiger charge is 2.16. The average Bonchev–Trinajstić information content (AvgIpc) is 3.12.